The lowest BCUT2D eigenvalue weighted by molar-refractivity contribution is -0.151. The van der Waals surface area contributed by atoms with Crippen molar-refractivity contribution in [3.05, 3.63) is 0 Å². The summed E-state index contributed by atoms with van der Waals surface area (Å²) in [6, 6.07) is 0.170. The number of rotatable bonds is 5. The van der Waals surface area contributed by atoms with Crippen LogP contribution in [-0.4, -0.2) is 31.8 Å². The number of hydrogen-bond acceptors (Lipinski definition) is 4. The van der Waals surface area contributed by atoms with Crippen LogP contribution in [0.4, 0.5) is 0 Å². The van der Waals surface area contributed by atoms with Crippen molar-refractivity contribution in [1.82, 2.24) is 0 Å². The molecule has 0 aliphatic heterocycles. The predicted octanol–water partition coefficient (Wildman–Crippen LogP) is 1.08. The molecule has 1 rings (SSSR count). The molecule has 1 aliphatic rings. The minimum Gasteiger partial charge on any atom is -0.463 e. The molecule has 1 saturated carbocycles. The molecule has 2 N–H and O–H groups in total. The molecular weight excluding hydrogens is 194 g/mol. The highest BCUT2D eigenvalue weighted by atomic mass is 16.6. The SMILES string of the molecule is CCOCCOC(=O)C1CCCC(N)C1. The zero-order valence-electron chi connectivity index (χ0n) is 9.41. The van der Waals surface area contributed by atoms with Gasteiger partial charge in [-0.05, 0) is 26.2 Å². The maximum atomic E-state index is 11.6. The fourth-order valence-corrected chi connectivity index (χ4v) is 1.91. The third kappa shape index (κ3) is 4.62. The summed E-state index contributed by atoms with van der Waals surface area (Å²) in [5, 5.41) is 0. The number of hydrogen-bond donors (Lipinski definition) is 1. The zero-order chi connectivity index (χ0) is 11.1. The van der Waals surface area contributed by atoms with Gasteiger partial charge in [0.15, 0.2) is 0 Å². The molecule has 2 unspecified atom stereocenters. The van der Waals surface area contributed by atoms with Crippen LogP contribution in [0.5, 0.6) is 0 Å². The number of esters is 1. The average Bonchev–Trinajstić information content (AvgIpc) is 2.24. The van der Waals surface area contributed by atoms with E-state index < -0.39 is 0 Å². The molecule has 0 heterocycles. The number of ether oxygens (including phenoxy) is 2. The van der Waals surface area contributed by atoms with Gasteiger partial charge in [-0.15, -0.1) is 0 Å². The minimum atomic E-state index is -0.107. The van der Waals surface area contributed by atoms with Crippen molar-refractivity contribution in [2.75, 3.05) is 19.8 Å². The van der Waals surface area contributed by atoms with Gasteiger partial charge in [-0.25, -0.2) is 0 Å². The molecule has 2 atom stereocenters. The average molecular weight is 215 g/mol. The van der Waals surface area contributed by atoms with E-state index in [-0.39, 0.29) is 17.9 Å². The number of nitrogens with two attached hydrogens (primary N) is 1. The van der Waals surface area contributed by atoms with Crippen LogP contribution in [0.3, 0.4) is 0 Å². The number of carbonyl (C=O) groups is 1. The smallest absolute Gasteiger partial charge is 0.309 e. The van der Waals surface area contributed by atoms with Crippen molar-refractivity contribution in [1.29, 1.82) is 0 Å². The molecule has 0 saturated heterocycles. The molecular formula is C11H21NO3. The zero-order valence-corrected chi connectivity index (χ0v) is 9.41. The van der Waals surface area contributed by atoms with Gasteiger partial charge < -0.3 is 15.2 Å². The van der Waals surface area contributed by atoms with E-state index in [2.05, 4.69) is 0 Å². The van der Waals surface area contributed by atoms with Crippen LogP contribution in [0.15, 0.2) is 0 Å². The van der Waals surface area contributed by atoms with Gasteiger partial charge in [-0.1, -0.05) is 6.42 Å². The molecule has 15 heavy (non-hydrogen) atoms. The van der Waals surface area contributed by atoms with Crippen molar-refractivity contribution < 1.29 is 14.3 Å². The van der Waals surface area contributed by atoms with Crippen LogP contribution < -0.4 is 5.73 Å². The molecule has 0 radical (unpaired) electrons. The Morgan fingerprint density at radius 1 is 1.40 bits per heavy atom. The standard InChI is InChI=1S/C11H21NO3/c1-2-14-6-7-15-11(13)9-4-3-5-10(12)8-9/h9-10H,2-8,12H2,1H3. The summed E-state index contributed by atoms with van der Waals surface area (Å²) in [7, 11) is 0. The summed E-state index contributed by atoms with van der Waals surface area (Å²) in [6.45, 7) is 3.42. The monoisotopic (exact) mass is 215 g/mol. The molecule has 0 spiro atoms. The first-order chi connectivity index (χ1) is 7.24. The summed E-state index contributed by atoms with van der Waals surface area (Å²) in [5.41, 5.74) is 5.81. The lowest BCUT2D eigenvalue weighted by Gasteiger charge is -2.24. The highest BCUT2D eigenvalue weighted by Gasteiger charge is 2.26. The van der Waals surface area contributed by atoms with Crippen LogP contribution in [0.2, 0.25) is 0 Å². The van der Waals surface area contributed by atoms with Crippen LogP contribution in [0, 0.1) is 5.92 Å². The molecule has 1 fully saturated rings. The van der Waals surface area contributed by atoms with Crippen molar-refractivity contribution in [2.45, 2.75) is 38.6 Å². The largest absolute Gasteiger partial charge is 0.463 e. The summed E-state index contributed by atoms with van der Waals surface area (Å²) in [4.78, 5) is 11.6. The molecule has 0 aromatic rings. The molecule has 0 amide bonds. The molecule has 0 aromatic heterocycles. The van der Waals surface area contributed by atoms with Crippen LogP contribution >= 0.6 is 0 Å². The highest BCUT2D eigenvalue weighted by Crippen LogP contribution is 2.23. The maximum absolute atomic E-state index is 11.6. The first kappa shape index (κ1) is 12.5. The van der Waals surface area contributed by atoms with Crippen molar-refractivity contribution in [3.8, 4) is 0 Å². The van der Waals surface area contributed by atoms with Crippen molar-refractivity contribution in [2.24, 2.45) is 11.7 Å². The Morgan fingerprint density at radius 2 is 2.20 bits per heavy atom. The van der Waals surface area contributed by atoms with E-state index in [4.69, 9.17) is 15.2 Å². The topological polar surface area (TPSA) is 61.5 Å². The van der Waals surface area contributed by atoms with Gasteiger partial charge in [0, 0.05) is 12.6 Å². The lowest BCUT2D eigenvalue weighted by Crippen LogP contribution is -2.32. The second kappa shape index (κ2) is 6.80. The quantitative estimate of drug-likeness (QED) is 0.550. The Hall–Kier alpha value is -0.610. The molecule has 0 bridgehead atoms. The maximum Gasteiger partial charge on any atom is 0.309 e. The number of carbonyl (C=O) groups excluding carboxylic acids is 1. The van der Waals surface area contributed by atoms with E-state index in [1.165, 1.54) is 0 Å². The van der Waals surface area contributed by atoms with Gasteiger partial charge in [0.05, 0.1) is 12.5 Å². The highest BCUT2D eigenvalue weighted by molar-refractivity contribution is 5.72. The Labute approximate surface area is 91.1 Å². The third-order valence-electron chi connectivity index (χ3n) is 2.72. The van der Waals surface area contributed by atoms with E-state index in [1.807, 2.05) is 6.92 Å². The van der Waals surface area contributed by atoms with Gasteiger partial charge in [0.2, 0.25) is 0 Å². The minimum absolute atomic E-state index is 0.00961. The van der Waals surface area contributed by atoms with E-state index in [1.54, 1.807) is 0 Å². The Balaban J connectivity index is 2.15. The Morgan fingerprint density at radius 3 is 2.87 bits per heavy atom. The summed E-state index contributed by atoms with van der Waals surface area (Å²) in [6.07, 6.45) is 3.75. The second-order valence-electron chi connectivity index (χ2n) is 3.99. The van der Waals surface area contributed by atoms with Gasteiger partial charge in [0.25, 0.3) is 0 Å². The van der Waals surface area contributed by atoms with Gasteiger partial charge in [0.1, 0.15) is 6.61 Å². The fourth-order valence-electron chi connectivity index (χ4n) is 1.91. The van der Waals surface area contributed by atoms with Gasteiger partial charge in [-0.3, -0.25) is 4.79 Å². The normalized spacial score (nSPS) is 26.3. The van der Waals surface area contributed by atoms with Gasteiger partial charge in [-0.2, -0.15) is 0 Å². The molecule has 1 aliphatic carbocycles. The Kier molecular flexibility index (Phi) is 5.65. The summed E-state index contributed by atoms with van der Waals surface area (Å²) < 4.78 is 10.2. The molecule has 0 aromatic carbocycles. The summed E-state index contributed by atoms with van der Waals surface area (Å²) in [5.74, 6) is -0.0970. The van der Waals surface area contributed by atoms with Crippen LogP contribution in [0.25, 0.3) is 0 Å². The van der Waals surface area contributed by atoms with Crippen LogP contribution in [0.1, 0.15) is 32.6 Å². The second-order valence-corrected chi connectivity index (χ2v) is 3.99. The van der Waals surface area contributed by atoms with Crippen molar-refractivity contribution in [3.63, 3.8) is 0 Å². The van der Waals surface area contributed by atoms with E-state index in [0.29, 0.717) is 19.8 Å². The fraction of sp³-hybridized carbons (Fsp3) is 0.909. The third-order valence-corrected chi connectivity index (χ3v) is 2.72. The molecule has 88 valence electrons. The van der Waals surface area contributed by atoms with E-state index in [9.17, 15) is 4.79 Å². The predicted molar refractivity (Wildman–Crippen MR) is 57.4 cm³/mol. The first-order valence-corrected chi connectivity index (χ1v) is 5.74. The van der Waals surface area contributed by atoms with E-state index in [0.717, 1.165) is 25.7 Å². The van der Waals surface area contributed by atoms with Crippen LogP contribution in [-0.2, 0) is 14.3 Å². The molecule has 4 nitrogen and oxygen atoms in total. The van der Waals surface area contributed by atoms with Crippen molar-refractivity contribution >= 4 is 5.97 Å². The lowest BCUT2D eigenvalue weighted by atomic mass is 9.86. The van der Waals surface area contributed by atoms with E-state index >= 15 is 0 Å². The Bertz CT molecular complexity index is 196. The summed E-state index contributed by atoms with van der Waals surface area (Å²) >= 11 is 0. The van der Waals surface area contributed by atoms with Gasteiger partial charge >= 0.3 is 5.97 Å². The first-order valence-electron chi connectivity index (χ1n) is 5.74. The molecule has 4 heteroatoms.